The van der Waals surface area contributed by atoms with Gasteiger partial charge in [0.2, 0.25) is 5.91 Å². The summed E-state index contributed by atoms with van der Waals surface area (Å²) in [6.45, 7) is 1.78. The number of cyclic esters (lactones) is 1. The number of hydrogen-bond acceptors (Lipinski definition) is 5. The van der Waals surface area contributed by atoms with E-state index >= 15 is 0 Å². The zero-order valence-electron chi connectivity index (χ0n) is 18.2. The van der Waals surface area contributed by atoms with Crippen molar-refractivity contribution in [1.29, 1.82) is 0 Å². The minimum Gasteiger partial charge on any atom is -0.411 e. The Bertz CT molecular complexity index is 1260. The maximum Gasteiger partial charge on any atom is 0.419 e. The number of anilines is 1. The molecule has 0 aliphatic carbocycles. The number of nitrogens with one attached hydrogen (secondary N) is 2. The molecule has 0 atom stereocenters. The quantitative estimate of drug-likeness (QED) is 0.584. The normalized spacial score (nSPS) is 14.1. The minimum atomic E-state index is -0.661. The Labute approximate surface area is 195 Å². The molecule has 1 aromatic heterocycles. The molecule has 1 aliphatic heterocycles. The summed E-state index contributed by atoms with van der Waals surface area (Å²) in [5.41, 5.74) is 2.62. The molecule has 1 saturated heterocycles. The van der Waals surface area contributed by atoms with Gasteiger partial charge in [0.25, 0.3) is 5.91 Å². The van der Waals surface area contributed by atoms with Crippen LogP contribution in [-0.2, 0) is 16.1 Å². The molecule has 2 N–H and O–H groups in total. The summed E-state index contributed by atoms with van der Waals surface area (Å²) < 4.78 is 20.0. The molecule has 1 fully saturated rings. The van der Waals surface area contributed by atoms with Crippen LogP contribution < -0.4 is 15.5 Å². The Morgan fingerprint density at radius 3 is 2.53 bits per heavy atom. The molecule has 34 heavy (non-hydrogen) atoms. The number of amides is 3. The van der Waals surface area contributed by atoms with Crippen LogP contribution in [-0.4, -0.2) is 29.4 Å². The van der Waals surface area contributed by atoms with Gasteiger partial charge in [-0.2, -0.15) is 0 Å². The summed E-state index contributed by atoms with van der Waals surface area (Å²) >= 11 is 0. The van der Waals surface area contributed by atoms with Gasteiger partial charge in [-0.05, 0) is 53.6 Å². The summed E-state index contributed by atoms with van der Waals surface area (Å²) in [6.07, 6.45) is 3.96. The van der Waals surface area contributed by atoms with E-state index in [1.807, 2.05) is 12.1 Å². The van der Waals surface area contributed by atoms with Crippen molar-refractivity contribution in [2.75, 3.05) is 11.4 Å². The second-order valence-electron chi connectivity index (χ2n) is 7.54. The van der Waals surface area contributed by atoms with Crippen molar-refractivity contribution in [2.45, 2.75) is 13.5 Å². The lowest BCUT2D eigenvalue weighted by atomic mass is 10.0. The SMILES string of the molecule is CC(=O)N/C=C1\CN(c2ccc(-c3ccc(C(=O)NCc4ccncc4)cc3)c(F)c2)C(=O)O1. The van der Waals surface area contributed by atoms with Crippen LogP contribution in [0.15, 0.2) is 79.0 Å². The number of hydrogen-bond donors (Lipinski definition) is 2. The van der Waals surface area contributed by atoms with E-state index < -0.39 is 11.9 Å². The highest BCUT2D eigenvalue weighted by molar-refractivity contribution is 5.95. The van der Waals surface area contributed by atoms with Crippen LogP contribution in [0.1, 0.15) is 22.8 Å². The Hall–Kier alpha value is -4.53. The smallest absolute Gasteiger partial charge is 0.411 e. The lowest BCUT2D eigenvalue weighted by Gasteiger charge is -2.14. The predicted octanol–water partition coefficient (Wildman–Crippen LogP) is 3.75. The minimum absolute atomic E-state index is 0.0706. The second-order valence-corrected chi connectivity index (χ2v) is 7.54. The molecular formula is C25H21FN4O4. The van der Waals surface area contributed by atoms with Crippen LogP contribution in [0.3, 0.4) is 0 Å². The van der Waals surface area contributed by atoms with E-state index in [0.717, 1.165) is 5.56 Å². The summed E-state index contributed by atoms with van der Waals surface area (Å²) in [5, 5.41) is 5.27. The molecule has 172 valence electrons. The summed E-state index contributed by atoms with van der Waals surface area (Å²) in [4.78, 5) is 40.7. The Balaban J connectivity index is 1.44. The van der Waals surface area contributed by atoms with E-state index in [4.69, 9.17) is 4.74 Å². The maximum absolute atomic E-state index is 14.9. The number of carbonyl (C=O) groups excluding carboxylic acids is 3. The Morgan fingerprint density at radius 2 is 1.85 bits per heavy atom. The van der Waals surface area contributed by atoms with E-state index in [0.29, 0.717) is 28.9 Å². The number of carbonyl (C=O) groups is 3. The largest absolute Gasteiger partial charge is 0.419 e. The molecule has 0 radical (unpaired) electrons. The van der Waals surface area contributed by atoms with Gasteiger partial charge in [-0.1, -0.05) is 12.1 Å². The molecule has 8 nitrogen and oxygen atoms in total. The fourth-order valence-electron chi connectivity index (χ4n) is 3.37. The molecule has 4 rings (SSSR count). The summed E-state index contributed by atoms with van der Waals surface area (Å²) in [6, 6.07) is 14.6. The fraction of sp³-hybridized carbons (Fsp3) is 0.120. The number of aromatic nitrogens is 1. The highest BCUT2D eigenvalue weighted by Gasteiger charge is 2.29. The number of nitrogens with zero attached hydrogens (tertiary/aromatic N) is 2. The number of ether oxygens (including phenoxy) is 1. The average molecular weight is 460 g/mol. The van der Waals surface area contributed by atoms with Crippen LogP contribution in [0.25, 0.3) is 11.1 Å². The fourth-order valence-corrected chi connectivity index (χ4v) is 3.37. The average Bonchev–Trinajstić information content (AvgIpc) is 3.22. The third-order valence-electron chi connectivity index (χ3n) is 5.11. The number of pyridine rings is 1. The van der Waals surface area contributed by atoms with E-state index in [-0.39, 0.29) is 24.1 Å². The van der Waals surface area contributed by atoms with Crippen LogP contribution in [0, 0.1) is 5.82 Å². The lowest BCUT2D eigenvalue weighted by Crippen LogP contribution is -2.23. The standard InChI is InChI=1S/C25H21FN4O4/c1-16(31)28-14-21-15-30(25(33)34-21)20-6-7-22(23(26)12-20)18-2-4-19(5-3-18)24(32)29-13-17-8-10-27-11-9-17/h2-12,14H,13,15H2,1H3,(H,28,31)(H,29,32)/b21-14+. The van der Waals surface area contributed by atoms with E-state index in [9.17, 15) is 18.8 Å². The number of halogens is 1. The van der Waals surface area contributed by atoms with Gasteiger partial charge in [0.05, 0.1) is 12.2 Å². The monoisotopic (exact) mass is 460 g/mol. The third-order valence-corrected chi connectivity index (χ3v) is 5.11. The molecule has 1 aliphatic rings. The van der Waals surface area contributed by atoms with Crippen molar-refractivity contribution in [1.82, 2.24) is 15.6 Å². The highest BCUT2D eigenvalue weighted by atomic mass is 19.1. The first-order valence-electron chi connectivity index (χ1n) is 10.4. The van der Waals surface area contributed by atoms with Crippen molar-refractivity contribution < 1.29 is 23.5 Å². The third kappa shape index (κ3) is 5.26. The molecule has 2 aromatic carbocycles. The number of benzene rings is 2. The molecule has 3 amide bonds. The maximum atomic E-state index is 14.9. The second kappa shape index (κ2) is 9.95. The van der Waals surface area contributed by atoms with Crippen LogP contribution in [0.5, 0.6) is 0 Å². The van der Waals surface area contributed by atoms with Crippen LogP contribution in [0.4, 0.5) is 14.9 Å². The van der Waals surface area contributed by atoms with Gasteiger partial charge < -0.3 is 15.4 Å². The first-order chi connectivity index (χ1) is 16.4. The van der Waals surface area contributed by atoms with Crippen molar-refractivity contribution in [3.63, 3.8) is 0 Å². The highest BCUT2D eigenvalue weighted by Crippen LogP contribution is 2.29. The van der Waals surface area contributed by atoms with Gasteiger partial charge in [0, 0.05) is 43.2 Å². The van der Waals surface area contributed by atoms with E-state index in [1.165, 1.54) is 24.1 Å². The molecule has 0 spiro atoms. The van der Waals surface area contributed by atoms with E-state index in [2.05, 4.69) is 15.6 Å². The zero-order valence-corrected chi connectivity index (χ0v) is 18.2. The Kier molecular flexibility index (Phi) is 6.63. The molecule has 0 bridgehead atoms. The van der Waals surface area contributed by atoms with Crippen molar-refractivity contribution in [2.24, 2.45) is 0 Å². The van der Waals surface area contributed by atoms with Gasteiger partial charge in [0.15, 0.2) is 0 Å². The molecule has 0 unspecified atom stereocenters. The summed E-state index contributed by atoms with van der Waals surface area (Å²) in [7, 11) is 0. The van der Waals surface area contributed by atoms with Crippen molar-refractivity contribution in [3.05, 3.63) is 95.9 Å². The zero-order chi connectivity index (χ0) is 24.1. The first-order valence-corrected chi connectivity index (χ1v) is 10.4. The molecular weight excluding hydrogens is 439 g/mol. The van der Waals surface area contributed by atoms with E-state index in [1.54, 1.807) is 48.8 Å². The van der Waals surface area contributed by atoms with Gasteiger partial charge >= 0.3 is 6.09 Å². The van der Waals surface area contributed by atoms with Crippen LogP contribution in [0.2, 0.25) is 0 Å². The Morgan fingerprint density at radius 1 is 1.12 bits per heavy atom. The lowest BCUT2D eigenvalue weighted by molar-refractivity contribution is -0.118. The van der Waals surface area contributed by atoms with Gasteiger partial charge in [0.1, 0.15) is 11.6 Å². The first kappa shape index (κ1) is 22.7. The molecule has 3 aromatic rings. The predicted molar refractivity (Wildman–Crippen MR) is 123 cm³/mol. The summed E-state index contributed by atoms with van der Waals surface area (Å²) in [5.74, 6) is -0.813. The topological polar surface area (TPSA) is 101 Å². The van der Waals surface area contributed by atoms with Crippen molar-refractivity contribution >= 4 is 23.6 Å². The van der Waals surface area contributed by atoms with Gasteiger partial charge in [-0.3, -0.25) is 19.5 Å². The molecule has 2 heterocycles. The molecule has 9 heteroatoms. The van der Waals surface area contributed by atoms with Crippen molar-refractivity contribution in [3.8, 4) is 11.1 Å². The van der Waals surface area contributed by atoms with Gasteiger partial charge in [-0.15, -0.1) is 0 Å². The number of rotatable bonds is 6. The molecule has 0 saturated carbocycles. The van der Waals surface area contributed by atoms with Gasteiger partial charge in [-0.25, -0.2) is 9.18 Å². The van der Waals surface area contributed by atoms with Crippen LogP contribution >= 0.6 is 0 Å².